The van der Waals surface area contributed by atoms with Gasteiger partial charge in [-0.3, -0.25) is 4.79 Å². The summed E-state index contributed by atoms with van der Waals surface area (Å²) >= 11 is 3.25. The molecule has 0 spiro atoms. The van der Waals surface area contributed by atoms with Crippen LogP contribution in [-0.2, 0) is 9.53 Å². The Kier molecular flexibility index (Phi) is 5.27. The number of aryl methyl sites for hydroxylation is 1. The van der Waals surface area contributed by atoms with Gasteiger partial charge in [-0.25, -0.2) is 9.18 Å². The lowest BCUT2D eigenvalue weighted by molar-refractivity contribution is -0.119. The van der Waals surface area contributed by atoms with Crippen molar-refractivity contribution in [2.75, 3.05) is 11.9 Å². The molecule has 0 unspecified atom stereocenters. The summed E-state index contributed by atoms with van der Waals surface area (Å²) in [6, 6.07) is 11.0. The Bertz CT molecular complexity index is 701. The Morgan fingerprint density at radius 1 is 1.18 bits per heavy atom. The monoisotopic (exact) mass is 365 g/mol. The highest BCUT2D eigenvalue weighted by atomic mass is 79.9. The third-order valence-corrected chi connectivity index (χ3v) is 3.34. The molecular weight excluding hydrogens is 353 g/mol. The molecule has 1 amide bonds. The van der Waals surface area contributed by atoms with Gasteiger partial charge < -0.3 is 10.1 Å². The van der Waals surface area contributed by atoms with Gasteiger partial charge in [0.2, 0.25) is 0 Å². The Balaban J connectivity index is 1.89. The van der Waals surface area contributed by atoms with Gasteiger partial charge in [0.1, 0.15) is 5.82 Å². The van der Waals surface area contributed by atoms with E-state index in [2.05, 4.69) is 21.2 Å². The number of nitrogens with one attached hydrogen (secondary N) is 1. The lowest BCUT2D eigenvalue weighted by atomic mass is 10.2. The van der Waals surface area contributed by atoms with Crippen LogP contribution in [0.4, 0.5) is 10.1 Å². The minimum Gasteiger partial charge on any atom is -0.452 e. The van der Waals surface area contributed by atoms with Gasteiger partial charge in [-0.1, -0.05) is 22.0 Å². The summed E-state index contributed by atoms with van der Waals surface area (Å²) in [6.45, 7) is 1.26. The third kappa shape index (κ3) is 4.39. The minimum absolute atomic E-state index is 0.0512. The highest BCUT2D eigenvalue weighted by molar-refractivity contribution is 9.10. The SMILES string of the molecule is Cc1ccc(NC(=O)COC(=O)c2ccc(Br)cc2)c(F)c1. The molecule has 6 heteroatoms. The molecule has 0 aliphatic carbocycles. The number of carbonyl (C=O) groups is 2. The molecule has 22 heavy (non-hydrogen) atoms. The van der Waals surface area contributed by atoms with Crippen molar-refractivity contribution in [2.24, 2.45) is 0 Å². The smallest absolute Gasteiger partial charge is 0.338 e. The number of benzene rings is 2. The van der Waals surface area contributed by atoms with E-state index in [0.717, 1.165) is 10.0 Å². The standard InChI is InChI=1S/C16H13BrFNO3/c1-10-2-7-14(13(18)8-10)19-15(20)9-22-16(21)11-3-5-12(17)6-4-11/h2-8H,9H2,1H3,(H,19,20). The molecule has 1 N–H and O–H groups in total. The maximum Gasteiger partial charge on any atom is 0.338 e. The van der Waals surface area contributed by atoms with Crippen molar-refractivity contribution >= 4 is 33.5 Å². The van der Waals surface area contributed by atoms with Crippen LogP contribution >= 0.6 is 15.9 Å². The maximum atomic E-state index is 13.6. The Morgan fingerprint density at radius 2 is 1.86 bits per heavy atom. The van der Waals surface area contributed by atoms with Crippen LogP contribution in [0.3, 0.4) is 0 Å². The Labute approximate surface area is 135 Å². The molecule has 0 bridgehead atoms. The zero-order valence-electron chi connectivity index (χ0n) is 11.7. The number of anilines is 1. The number of esters is 1. The molecule has 0 aromatic heterocycles. The van der Waals surface area contributed by atoms with Crippen molar-refractivity contribution in [2.45, 2.75) is 6.92 Å². The molecule has 2 aromatic rings. The van der Waals surface area contributed by atoms with E-state index in [0.29, 0.717) is 5.56 Å². The lowest BCUT2D eigenvalue weighted by Crippen LogP contribution is -2.21. The molecular formula is C16H13BrFNO3. The topological polar surface area (TPSA) is 55.4 Å². The second-order valence-electron chi connectivity index (χ2n) is 4.61. The van der Waals surface area contributed by atoms with Crippen molar-refractivity contribution in [3.8, 4) is 0 Å². The van der Waals surface area contributed by atoms with E-state index in [9.17, 15) is 14.0 Å². The first kappa shape index (κ1) is 16.2. The molecule has 0 heterocycles. The Morgan fingerprint density at radius 3 is 2.50 bits per heavy atom. The lowest BCUT2D eigenvalue weighted by Gasteiger charge is -2.08. The van der Waals surface area contributed by atoms with Crippen LogP contribution in [0, 0.1) is 12.7 Å². The van der Waals surface area contributed by atoms with Crippen LogP contribution in [0.5, 0.6) is 0 Å². The predicted molar refractivity (Wildman–Crippen MR) is 84.2 cm³/mol. The zero-order chi connectivity index (χ0) is 16.1. The van der Waals surface area contributed by atoms with E-state index in [4.69, 9.17) is 4.74 Å². The molecule has 0 fully saturated rings. The number of ether oxygens (including phenoxy) is 1. The van der Waals surface area contributed by atoms with Crippen LogP contribution in [0.15, 0.2) is 46.9 Å². The van der Waals surface area contributed by atoms with Gasteiger partial charge in [0.15, 0.2) is 6.61 Å². The molecule has 0 atom stereocenters. The van der Waals surface area contributed by atoms with Gasteiger partial charge >= 0.3 is 5.97 Å². The molecule has 2 aromatic carbocycles. The number of halogens is 2. The summed E-state index contributed by atoms with van der Waals surface area (Å²) in [7, 11) is 0. The fourth-order valence-corrected chi connectivity index (χ4v) is 1.97. The number of carbonyl (C=O) groups excluding carboxylic acids is 2. The molecule has 0 aliphatic heterocycles. The fraction of sp³-hybridized carbons (Fsp3) is 0.125. The Hall–Kier alpha value is -2.21. The van der Waals surface area contributed by atoms with Crippen LogP contribution in [0.1, 0.15) is 15.9 Å². The van der Waals surface area contributed by atoms with Crippen molar-refractivity contribution in [1.82, 2.24) is 0 Å². The van der Waals surface area contributed by atoms with Crippen molar-refractivity contribution in [3.63, 3.8) is 0 Å². The first-order valence-corrected chi connectivity index (χ1v) is 7.23. The summed E-state index contributed by atoms with van der Waals surface area (Å²) in [4.78, 5) is 23.4. The first-order chi connectivity index (χ1) is 10.5. The highest BCUT2D eigenvalue weighted by Crippen LogP contribution is 2.15. The molecule has 0 saturated carbocycles. The van der Waals surface area contributed by atoms with Gasteiger partial charge in [0, 0.05) is 4.47 Å². The average Bonchev–Trinajstić information content (AvgIpc) is 2.48. The second kappa shape index (κ2) is 7.17. The van der Waals surface area contributed by atoms with E-state index in [1.165, 1.54) is 12.1 Å². The van der Waals surface area contributed by atoms with Crippen molar-refractivity contribution in [1.29, 1.82) is 0 Å². The maximum absolute atomic E-state index is 13.6. The van der Waals surface area contributed by atoms with E-state index in [-0.39, 0.29) is 5.69 Å². The second-order valence-corrected chi connectivity index (χ2v) is 5.53. The van der Waals surface area contributed by atoms with E-state index in [1.54, 1.807) is 37.3 Å². The summed E-state index contributed by atoms with van der Waals surface area (Å²) in [5.41, 5.74) is 1.13. The summed E-state index contributed by atoms with van der Waals surface area (Å²) in [5, 5.41) is 2.35. The van der Waals surface area contributed by atoms with E-state index in [1.807, 2.05) is 0 Å². The van der Waals surface area contributed by atoms with E-state index >= 15 is 0 Å². The third-order valence-electron chi connectivity index (χ3n) is 2.81. The van der Waals surface area contributed by atoms with Gasteiger partial charge in [-0.2, -0.15) is 0 Å². The minimum atomic E-state index is -0.618. The van der Waals surface area contributed by atoms with Gasteiger partial charge in [-0.05, 0) is 48.9 Å². The van der Waals surface area contributed by atoms with Gasteiger partial charge in [-0.15, -0.1) is 0 Å². The number of amides is 1. The number of hydrogen-bond acceptors (Lipinski definition) is 3. The van der Waals surface area contributed by atoms with Gasteiger partial charge in [0.05, 0.1) is 11.3 Å². The molecule has 2 rings (SSSR count). The number of hydrogen-bond donors (Lipinski definition) is 1. The summed E-state index contributed by atoms with van der Waals surface area (Å²) < 4.78 is 19.3. The molecule has 114 valence electrons. The largest absolute Gasteiger partial charge is 0.452 e. The summed E-state index contributed by atoms with van der Waals surface area (Å²) in [6.07, 6.45) is 0. The van der Waals surface area contributed by atoms with Crippen LogP contribution in [-0.4, -0.2) is 18.5 Å². The van der Waals surface area contributed by atoms with Crippen LogP contribution in [0.25, 0.3) is 0 Å². The molecule has 0 radical (unpaired) electrons. The quantitative estimate of drug-likeness (QED) is 0.840. The van der Waals surface area contributed by atoms with Crippen LogP contribution in [0.2, 0.25) is 0 Å². The summed E-state index contributed by atoms with van der Waals surface area (Å²) in [5.74, 6) is -1.76. The first-order valence-electron chi connectivity index (χ1n) is 6.44. The molecule has 0 aliphatic rings. The zero-order valence-corrected chi connectivity index (χ0v) is 13.3. The highest BCUT2D eigenvalue weighted by Gasteiger charge is 2.11. The number of rotatable bonds is 4. The van der Waals surface area contributed by atoms with E-state index < -0.39 is 24.3 Å². The van der Waals surface area contributed by atoms with Crippen molar-refractivity contribution < 1.29 is 18.7 Å². The normalized spacial score (nSPS) is 10.1. The fourth-order valence-electron chi connectivity index (χ4n) is 1.71. The average molecular weight is 366 g/mol. The van der Waals surface area contributed by atoms with Crippen LogP contribution < -0.4 is 5.32 Å². The van der Waals surface area contributed by atoms with Crippen molar-refractivity contribution in [3.05, 3.63) is 63.9 Å². The molecule has 4 nitrogen and oxygen atoms in total. The predicted octanol–water partition coefficient (Wildman–Crippen LogP) is 3.69. The van der Waals surface area contributed by atoms with Gasteiger partial charge in [0.25, 0.3) is 5.91 Å². The molecule has 0 saturated heterocycles.